The number of alkyl halides is 3. The molecule has 1 aliphatic rings. The number of hydrogen-bond donors (Lipinski definition) is 2. The van der Waals surface area contributed by atoms with Gasteiger partial charge in [-0.3, -0.25) is 15.1 Å². The van der Waals surface area contributed by atoms with Crippen LogP contribution in [0.1, 0.15) is 17.0 Å². The van der Waals surface area contributed by atoms with Crippen molar-refractivity contribution in [1.29, 1.82) is 0 Å². The average molecular weight is 477 g/mol. The Labute approximate surface area is 180 Å². The maximum atomic E-state index is 12.9. The summed E-state index contributed by atoms with van der Waals surface area (Å²) in [4.78, 5) is 20.5. The lowest BCUT2D eigenvalue weighted by molar-refractivity contribution is -0.137. The molecular formula is C18H19F3N4O4S2. The number of halogens is 3. The van der Waals surface area contributed by atoms with E-state index in [9.17, 15) is 26.4 Å². The number of carbonyl (C=O) groups is 1. The Kier molecular flexibility index (Phi) is 7.30. The first-order valence-corrected chi connectivity index (χ1v) is 11.4. The smallest absolute Gasteiger partial charge is 0.347 e. The number of hydrogen-bond acceptors (Lipinski definition) is 7. The summed E-state index contributed by atoms with van der Waals surface area (Å²) in [6.45, 7) is 0.0530. The van der Waals surface area contributed by atoms with Crippen LogP contribution in [0.15, 0.2) is 52.5 Å². The third-order valence-corrected chi connectivity index (χ3v) is 6.94. The fraction of sp³-hybridized carbons (Fsp3) is 0.333. The Hall–Kier alpha value is -2.48. The van der Waals surface area contributed by atoms with Gasteiger partial charge in [0.15, 0.2) is 6.61 Å². The quantitative estimate of drug-likeness (QED) is 0.567. The topological polar surface area (TPSA) is 101 Å². The molecule has 8 nitrogen and oxygen atoms in total. The Morgan fingerprint density at radius 1 is 1.32 bits per heavy atom. The second-order valence-corrected chi connectivity index (χ2v) is 9.38. The molecule has 0 spiro atoms. The van der Waals surface area contributed by atoms with Gasteiger partial charge in [-0.2, -0.15) is 17.5 Å². The number of nitrogens with zero attached hydrogens (tertiary/aromatic N) is 2. The van der Waals surface area contributed by atoms with Crippen LogP contribution in [-0.2, 0) is 32.4 Å². The molecule has 3 rings (SSSR count). The molecule has 13 heteroatoms. The predicted molar refractivity (Wildman–Crippen MR) is 106 cm³/mol. The Bertz CT molecular complexity index is 1040. The number of amides is 1. The Balaban J connectivity index is 1.49. The molecule has 0 unspecified atom stereocenters. The largest absolute Gasteiger partial charge is 0.416 e. The molecule has 168 valence electrons. The number of sulfonamides is 1. The van der Waals surface area contributed by atoms with Gasteiger partial charge in [0.1, 0.15) is 5.01 Å². The lowest BCUT2D eigenvalue weighted by atomic mass is 10.2. The highest BCUT2D eigenvalue weighted by Gasteiger charge is 2.33. The summed E-state index contributed by atoms with van der Waals surface area (Å²) >= 11 is 1.41. The third kappa shape index (κ3) is 6.26. The van der Waals surface area contributed by atoms with Gasteiger partial charge in [-0.15, -0.1) is 11.3 Å². The van der Waals surface area contributed by atoms with Crippen molar-refractivity contribution in [2.24, 2.45) is 0 Å². The highest BCUT2D eigenvalue weighted by Crippen LogP contribution is 2.31. The second kappa shape index (κ2) is 9.77. The predicted octanol–water partition coefficient (Wildman–Crippen LogP) is 2.28. The van der Waals surface area contributed by atoms with E-state index >= 15 is 0 Å². The molecule has 2 heterocycles. The van der Waals surface area contributed by atoms with Crippen molar-refractivity contribution in [3.63, 3.8) is 0 Å². The van der Waals surface area contributed by atoms with Gasteiger partial charge in [-0.05, 0) is 24.3 Å². The van der Waals surface area contributed by atoms with E-state index in [1.165, 1.54) is 11.3 Å². The maximum Gasteiger partial charge on any atom is 0.416 e. The minimum absolute atomic E-state index is 0.0412. The molecule has 0 aliphatic carbocycles. The van der Waals surface area contributed by atoms with Crippen LogP contribution in [0.25, 0.3) is 0 Å². The molecule has 1 aromatic heterocycles. The van der Waals surface area contributed by atoms with Crippen molar-refractivity contribution in [3.8, 4) is 0 Å². The lowest BCUT2D eigenvalue weighted by Gasteiger charge is -2.26. The first-order chi connectivity index (χ1) is 14.7. The number of benzene rings is 1. The number of nitrogens with one attached hydrogen (secondary N) is 2. The van der Waals surface area contributed by atoms with Crippen LogP contribution in [0.5, 0.6) is 0 Å². The fourth-order valence-electron chi connectivity index (χ4n) is 2.70. The van der Waals surface area contributed by atoms with E-state index in [0.29, 0.717) is 18.3 Å². The van der Waals surface area contributed by atoms with E-state index in [1.54, 1.807) is 17.7 Å². The summed E-state index contributed by atoms with van der Waals surface area (Å²) in [6, 6.07) is 3.65. The van der Waals surface area contributed by atoms with Gasteiger partial charge in [0.05, 0.1) is 17.0 Å². The fourth-order valence-corrected chi connectivity index (χ4v) is 4.69. The Morgan fingerprint density at radius 3 is 2.77 bits per heavy atom. The molecular weight excluding hydrogens is 457 g/mol. The van der Waals surface area contributed by atoms with Crippen LogP contribution in [0.4, 0.5) is 13.2 Å². The van der Waals surface area contributed by atoms with Gasteiger partial charge < -0.3 is 5.32 Å². The zero-order valence-corrected chi connectivity index (χ0v) is 17.7. The SMILES string of the molecule is O=C(CONC1=CCN(S(=O)(=O)c2cccc(C(F)(F)F)c2)CC1)NCc1nccs1. The van der Waals surface area contributed by atoms with Gasteiger partial charge >= 0.3 is 6.18 Å². The third-order valence-electron chi connectivity index (χ3n) is 4.30. The van der Waals surface area contributed by atoms with E-state index in [0.717, 1.165) is 27.5 Å². The van der Waals surface area contributed by atoms with Crippen molar-refractivity contribution in [2.75, 3.05) is 19.7 Å². The average Bonchev–Trinajstić information content (AvgIpc) is 3.26. The molecule has 0 radical (unpaired) electrons. The summed E-state index contributed by atoms with van der Waals surface area (Å²) < 4.78 is 65.0. The molecule has 31 heavy (non-hydrogen) atoms. The van der Waals surface area contributed by atoms with Crippen LogP contribution in [0.2, 0.25) is 0 Å². The molecule has 1 amide bonds. The molecule has 2 aromatic rings. The van der Waals surface area contributed by atoms with Gasteiger partial charge in [0.25, 0.3) is 0 Å². The highest BCUT2D eigenvalue weighted by molar-refractivity contribution is 7.89. The Morgan fingerprint density at radius 2 is 2.13 bits per heavy atom. The van der Waals surface area contributed by atoms with Crippen LogP contribution in [0, 0.1) is 0 Å². The van der Waals surface area contributed by atoms with Gasteiger partial charge in [-0.25, -0.2) is 13.4 Å². The number of rotatable bonds is 8. The number of aromatic nitrogens is 1. The minimum atomic E-state index is -4.63. The second-order valence-electron chi connectivity index (χ2n) is 6.46. The molecule has 0 saturated carbocycles. The molecule has 0 saturated heterocycles. The number of carbonyl (C=O) groups excluding carboxylic acids is 1. The van der Waals surface area contributed by atoms with Gasteiger partial charge in [0, 0.05) is 36.8 Å². The standard InChI is InChI=1S/C18H19F3N4O4S2/c19-18(20,21)13-2-1-3-15(10-13)31(27,28)25-7-4-14(5-8-25)24-29-12-16(26)23-11-17-22-6-9-30-17/h1-4,6,9-10,24H,5,7-8,11-12H2,(H,23,26). The van der Waals surface area contributed by atoms with Crippen molar-refractivity contribution in [3.05, 3.63) is 58.2 Å². The van der Waals surface area contributed by atoms with Gasteiger partial charge in [0.2, 0.25) is 15.9 Å². The summed E-state index contributed by atoms with van der Waals surface area (Å²) in [5.74, 6) is -0.354. The van der Waals surface area contributed by atoms with E-state index in [4.69, 9.17) is 4.84 Å². The minimum Gasteiger partial charge on any atom is -0.347 e. The molecule has 2 N–H and O–H groups in total. The molecule has 0 fully saturated rings. The summed E-state index contributed by atoms with van der Waals surface area (Å²) in [5, 5.41) is 5.20. The van der Waals surface area contributed by atoms with Crippen molar-refractivity contribution >= 4 is 27.3 Å². The zero-order valence-electron chi connectivity index (χ0n) is 16.1. The summed E-state index contributed by atoms with van der Waals surface area (Å²) in [5.41, 5.74) is 2.15. The molecule has 0 bridgehead atoms. The van der Waals surface area contributed by atoms with Crippen molar-refractivity contribution < 1.29 is 31.2 Å². The lowest BCUT2D eigenvalue weighted by Crippen LogP contribution is -2.37. The van der Waals surface area contributed by atoms with Crippen molar-refractivity contribution in [2.45, 2.75) is 24.0 Å². The maximum absolute atomic E-state index is 12.9. The molecule has 1 aliphatic heterocycles. The van der Waals surface area contributed by atoms with Crippen molar-refractivity contribution in [1.82, 2.24) is 20.1 Å². The molecule has 1 aromatic carbocycles. The number of thiazole rings is 1. The summed E-state index contributed by atoms with van der Waals surface area (Å²) in [6.07, 6.45) is -1.20. The van der Waals surface area contributed by atoms with Gasteiger partial charge in [-0.1, -0.05) is 6.07 Å². The molecule has 0 atom stereocenters. The zero-order chi connectivity index (χ0) is 22.5. The van der Waals surface area contributed by atoms with E-state index < -0.39 is 26.7 Å². The highest BCUT2D eigenvalue weighted by atomic mass is 32.2. The summed E-state index contributed by atoms with van der Waals surface area (Å²) in [7, 11) is -4.08. The van der Waals surface area contributed by atoms with Crippen LogP contribution in [0.3, 0.4) is 0 Å². The van der Waals surface area contributed by atoms with E-state index in [1.807, 2.05) is 0 Å². The first-order valence-electron chi connectivity index (χ1n) is 9.05. The normalized spacial score (nSPS) is 15.4. The van der Waals surface area contributed by atoms with Crippen LogP contribution < -0.4 is 10.8 Å². The number of hydroxylamine groups is 1. The van der Waals surface area contributed by atoms with E-state index in [-0.39, 0.29) is 32.0 Å². The van der Waals surface area contributed by atoms with Crippen LogP contribution in [-0.4, -0.2) is 43.3 Å². The first kappa shape index (κ1) is 23.2. The monoisotopic (exact) mass is 476 g/mol. The van der Waals surface area contributed by atoms with E-state index in [2.05, 4.69) is 15.8 Å². The van der Waals surface area contributed by atoms with Crippen LogP contribution >= 0.6 is 11.3 Å².